The highest BCUT2D eigenvalue weighted by molar-refractivity contribution is 7.96. The van der Waals surface area contributed by atoms with Crippen molar-refractivity contribution in [1.29, 1.82) is 0 Å². The van der Waals surface area contributed by atoms with Crippen molar-refractivity contribution >= 4 is 23.2 Å². The molecule has 1 fully saturated rings. The molecule has 0 spiro atoms. The monoisotopic (exact) mass is 347 g/mol. The molecule has 2 atom stereocenters. The minimum absolute atomic E-state index is 0.228. The van der Waals surface area contributed by atoms with Crippen LogP contribution in [0.3, 0.4) is 0 Å². The molecule has 25 heavy (non-hydrogen) atoms. The number of rotatable bonds is 4. The molecule has 0 aliphatic heterocycles. The van der Waals surface area contributed by atoms with Gasteiger partial charge in [0.25, 0.3) is 0 Å². The van der Waals surface area contributed by atoms with Gasteiger partial charge in [-0.05, 0) is 55.7 Å². The first-order chi connectivity index (χ1) is 12.3. The second-order valence-electron chi connectivity index (χ2n) is 6.79. The first kappa shape index (κ1) is 16.5. The Balaban J connectivity index is 2.05. The number of hydrogen-bond acceptors (Lipinski definition) is 1. The molecule has 1 N–H and O–H groups in total. The smallest absolute Gasteiger partial charge is 0.117 e. The summed E-state index contributed by atoms with van der Waals surface area (Å²) in [5.41, 5.74) is 0.291. The third-order valence-electron chi connectivity index (χ3n) is 5.43. The van der Waals surface area contributed by atoms with Crippen LogP contribution in [0.5, 0.6) is 0 Å². The Morgan fingerprint density at radius 3 is 1.32 bits per heavy atom. The fourth-order valence-corrected chi connectivity index (χ4v) is 9.59. The van der Waals surface area contributed by atoms with Gasteiger partial charge in [-0.2, -0.15) is 0 Å². The minimum atomic E-state index is -1.91. The van der Waals surface area contributed by atoms with E-state index in [2.05, 4.69) is 91.0 Å². The zero-order valence-electron chi connectivity index (χ0n) is 14.3. The summed E-state index contributed by atoms with van der Waals surface area (Å²) >= 11 is 0. The predicted molar refractivity (Wildman–Crippen MR) is 109 cm³/mol. The molecule has 0 heterocycles. The van der Waals surface area contributed by atoms with Gasteiger partial charge >= 0.3 is 0 Å². The van der Waals surface area contributed by atoms with E-state index in [1.807, 2.05) is 0 Å². The third-order valence-corrected chi connectivity index (χ3v) is 10.4. The van der Waals surface area contributed by atoms with E-state index in [0.717, 1.165) is 19.3 Å². The summed E-state index contributed by atoms with van der Waals surface area (Å²) in [6.45, 7) is 0. The molecule has 0 saturated heterocycles. The summed E-state index contributed by atoms with van der Waals surface area (Å²) in [7, 11) is -1.91. The van der Waals surface area contributed by atoms with E-state index >= 15 is 0 Å². The molecule has 0 radical (unpaired) electrons. The lowest BCUT2D eigenvalue weighted by atomic mass is 10.3. The van der Waals surface area contributed by atoms with Gasteiger partial charge in [0.05, 0.1) is 6.10 Å². The molecule has 0 bridgehead atoms. The van der Waals surface area contributed by atoms with Gasteiger partial charge in [-0.1, -0.05) is 54.6 Å². The summed E-state index contributed by atoms with van der Waals surface area (Å²) in [6.07, 6.45) is 2.89. The second-order valence-corrected chi connectivity index (χ2v) is 10.5. The SMILES string of the molecule is OC1CCCC1[P+](c1ccccc1)(c1ccccc1)c1ccccc1. The molecule has 4 rings (SSSR count). The van der Waals surface area contributed by atoms with Gasteiger partial charge in [0.1, 0.15) is 28.8 Å². The van der Waals surface area contributed by atoms with E-state index < -0.39 is 7.26 Å². The quantitative estimate of drug-likeness (QED) is 0.710. The van der Waals surface area contributed by atoms with Crippen LogP contribution in [-0.2, 0) is 0 Å². The van der Waals surface area contributed by atoms with Crippen molar-refractivity contribution < 1.29 is 5.11 Å². The van der Waals surface area contributed by atoms with E-state index in [4.69, 9.17) is 0 Å². The molecule has 3 aromatic carbocycles. The van der Waals surface area contributed by atoms with Crippen LogP contribution in [0, 0.1) is 0 Å². The van der Waals surface area contributed by atoms with E-state index in [1.165, 1.54) is 15.9 Å². The highest BCUT2D eigenvalue weighted by Gasteiger charge is 2.56. The largest absolute Gasteiger partial charge is 0.389 e. The highest BCUT2D eigenvalue weighted by atomic mass is 31.2. The van der Waals surface area contributed by atoms with Crippen LogP contribution in [-0.4, -0.2) is 16.9 Å². The lowest BCUT2D eigenvalue weighted by Crippen LogP contribution is -2.41. The summed E-state index contributed by atoms with van der Waals surface area (Å²) in [4.78, 5) is 0. The van der Waals surface area contributed by atoms with Crippen LogP contribution in [0.1, 0.15) is 19.3 Å². The zero-order chi connectivity index (χ0) is 17.1. The van der Waals surface area contributed by atoms with Crippen molar-refractivity contribution in [2.45, 2.75) is 31.0 Å². The Morgan fingerprint density at radius 2 is 1.00 bits per heavy atom. The predicted octanol–water partition coefficient (Wildman–Crippen LogP) is 3.89. The molecular formula is C23H24OP+. The summed E-state index contributed by atoms with van der Waals surface area (Å²) in [6, 6.07) is 32.6. The van der Waals surface area contributed by atoms with Gasteiger partial charge in [0, 0.05) is 0 Å². The molecule has 0 amide bonds. The maximum Gasteiger partial charge on any atom is 0.117 e. The van der Waals surface area contributed by atoms with Crippen molar-refractivity contribution in [3.63, 3.8) is 0 Å². The van der Waals surface area contributed by atoms with Crippen molar-refractivity contribution in [3.8, 4) is 0 Å². The molecule has 1 aliphatic rings. The van der Waals surface area contributed by atoms with Crippen LogP contribution >= 0.6 is 7.26 Å². The summed E-state index contributed by atoms with van der Waals surface area (Å²) in [5.74, 6) is 0. The molecule has 2 unspecified atom stereocenters. The average Bonchev–Trinajstić information content (AvgIpc) is 3.12. The fourth-order valence-electron chi connectivity index (χ4n) is 4.38. The van der Waals surface area contributed by atoms with E-state index in [1.54, 1.807) is 0 Å². The van der Waals surface area contributed by atoms with Crippen molar-refractivity contribution in [2.24, 2.45) is 0 Å². The molecule has 1 saturated carbocycles. The highest BCUT2D eigenvalue weighted by Crippen LogP contribution is 2.63. The maximum absolute atomic E-state index is 10.9. The van der Waals surface area contributed by atoms with Crippen LogP contribution in [0.25, 0.3) is 0 Å². The van der Waals surface area contributed by atoms with Crippen LogP contribution in [0.15, 0.2) is 91.0 Å². The summed E-state index contributed by atoms with van der Waals surface area (Å²) < 4.78 is 0. The van der Waals surface area contributed by atoms with Crippen molar-refractivity contribution in [1.82, 2.24) is 0 Å². The Hall–Kier alpha value is -1.95. The molecule has 0 aromatic heterocycles. The molecule has 1 nitrogen and oxygen atoms in total. The van der Waals surface area contributed by atoms with E-state index in [9.17, 15) is 5.11 Å². The average molecular weight is 347 g/mol. The van der Waals surface area contributed by atoms with Crippen LogP contribution in [0.4, 0.5) is 0 Å². The number of aliphatic hydroxyl groups is 1. The molecule has 1 aliphatic carbocycles. The van der Waals surface area contributed by atoms with Gasteiger partial charge in [0.15, 0.2) is 0 Å². The van der Waals surface area contributed by atoms with E-state index in [0.29, 0.717) is 5.66 Å². The Kier molecular flexibility index (Phi) is 4.70. The number of hydrogen-bond donors (Lipinski definition) is 1. The van der Waals surface area contributed by atoms with Gasteiger partial charge in [0.2, 0.25) is 0 Å². The van der Waals surface area contributed by atoms with Gasteiger partial charge in [-0.15, -0.1) is 0 Å². The topological polar surface area (TPSA) is 20.2 Å². The molecule has 3 aromatic rings. The Morgan fingerprint density at radius 1 is 0.600 bits per heavy atom. The second kappa shape index (κ2) is 7.12. The molecule has 126 valence electrons. The van der Waals surface area contributed by atoms with Gasteiger partial charge in [-0.3, -0.25) is 0 Å². The lowest BCUT2D eigenvalue weighted by molar-refractivity contribution is 0.186. The number of benzene rings is 3. The normalized spacial score (nSPS) is 20.5. The lowest BCUT2D eigenvalue weighted by Gasteiger charge is -2.34. The standard InChI is InChI=1S/C23H24OP/c24-22-17-10-18-23(22)25(19-11-4-1-5-12-19,20-13-6-2-7-14-20)21-15-8-3-9-16-21/h1-9,11-16,22-24H,10,17-18H2/q+1. The third kappa shape index (κ3) is 2.82. The Bertz CT molecular complexity index is 705. The minimum Gasteiger partial charge on any atom is -0.389 e. The van der Waals surface area contributed by atoms with Crippen LogP contribution in [0.2, 0.25) is 0 Å². The molecular weight excluding hydrogens is 323 g/mol. The van der Waals surface area contributed by atoms with Gasteiger partial charge < -0.3 is 5.11 Å². The maximum atomic E-state index is 10.9. The number of aliphatic hydroxyl groups excluding tert-OH is 1. The Labute approximate surface area is 150 Å². The van der Waals surface area contributed by atoms with E-state index in [-0.39, 0.29) is 6.10 Å². The van der Waals surface area contributed by atoms with Crippen molar-refractivity contribution in [3.05, 3.63) is 91.0 Å². The van der Waals surface area contributed by atoms with Crippen molar-refractivity contribution in [2.75, 3.05) is 0 Å². The fraction of sp³-hybridized carbons (Fsp3) is 0.217. The summed E-state index contributed by atoms with van der Waals surface area (Å²) in [5, 5.41) is 15.1. The first-order valence-corrected chi connectivity index (χ1v) is 10.9. The van der Waals surface area contributed by atoms with Gasteiger partial charge in [-0.25, -0.2) is 0 Å². The first-order valence-electron chi connectivity index (χ1n) is 9.07. The molecule has 2 heteroatoms. The zero-order valence-corrected chi connectivity index (χ0v) is 15.2. The van der Waals surface area contributed by atoms with Crippen LogP contribution < -0.4 is 15.9 Å².